The second-order valence-corrected chi connectivity index (χ2v) is 7.44. The predicted molar refractivity (Wildman–Crippen MR) is 104 cm³/mol. The van der Waals surface area contributed by atoms with Crippen LogP contribution in [0.2, 0.25) is 0 Å². The number of hydrogen-bond acceptors (Lipinski definition) is 4. The number of aryl methyl sites for hydroxylation is 1. The van der Waals surface area contributed by atoms with Crippen molar-refractivity contribution in [1.82, 2.24) is 0 Å². The van der Waals surface area contributed by atoms with Gasteiger partial charge in [-0.15, -0.1) is 0 Å². The summed E-state index contributed by atoms with van der Waals surface area (Å²) < 4.78 is 11.0. The molecule has 0 radical (unpaired) electrons. The maximum Gasteiger partial charge on any atom is 0.343 e. The molecule has 2 aromatic carbocycles. The van der Waals surface area contributed by atoms with Crippen molar-refractivity contribution < 1.29 is 19.1 Å². The van der Waals surface area contributed by atoms with Crippen LogP contribution in [0.1, 0.15) is 48.5 Å². The summed E-state index contributed by atoms with van der Waals surface area (Å²) in [6.07, 6.45) is 4.17. The lowest BCUT2D eigenvalue weighted by Gasteiger charge is -2.24. The standard InChI is InChI=1S/C23H26O4/c1-16-3-7-18(8-4-16)22(24)15-26-20-13-9-19(10-14-20)23(25)27-21-11-5-17(2)6-12-21/h5-6,9-14,16,18H,3-4,7-8,15H2,1-2H3. The van der Waals surface area contributed by atoms with E-state index in [9.17, 15) is 9.59 Å². The van der Waals surface area contributed by atoms with Crippen LogP contribution in [0.3, 0.4) is 0 Å². The van der Waals surface area contributed by atoms with Crippen LogP contribution in [0, 0.1) is 18.8 Å². The average Bonchev–Trinajstić information content (AvgIpc) is 2.69. The number of benzene rings is 2. The molecule has 2 aromatic rings. The van der Waals surface area contributed by atoms with Gasteiger partial charge in [0, 0.05) is 5.92 Å². The van der Waals surface area contributed by atoms with Crippen LogP contribution >= 0.6 is 0 Å². The minimum absolute atomic E-state index is 0.0895. The zero-order valence-electron chi connectivity index (χ0n) is 15.9. The van der Waals surface area contributed by atoms with E-state index in [1.807, 2.05) is 19.1 Å². The summed E-state index contributed by atoms with van der Waals surface area (Å²) in [5.41, 5.74) is 1.55. The second-order valence-electron chi connectivity index (χ2n) is 7.44. The third kappa shape index (κ3) is 5.43. The van der Waals surface area contributed by atoms with Crippen molar-refractivity contribution in [3.05, 3.63) is 59.7 Å². The topological polar surface area (TPSA) is 52.6 Å². The number of ketones is 1. The number of rotatable bonds is 6. The zero-order chi connectivity index (χ0) is 19.2. The quantitative estimate of drug-likeness (QED) is 0.534. The van der Waals surface area contributed by atoms with Crippen LogP contribution in [0.4, 0.5) is 0 Å². The van der Waals surface area contributed by atoms with E-state index < -0.39 is 5.97 Å². The van der Waals surface area contributed by atoms with Gasteiger partial charge in [0.25, 0.3) is 0 Å². The lowest BCUT2D eigenvalue weighted by molar-refractivity contribution is -0.126. The van der Waals surface area contributed by atoms with Gasteiger partial charge in [-0.05, 0) is 62.1 Å². The summed E-state index contributed by atoms with van der Waals surface area (Å²) >= 11 is 0. The third-order valence-corrected chi connectivity index (χ3v) is 5.17. The Kier molecular flexibility index (Phi) is 6.28. The van der Waals surface area contributed by atoms with Gasteiger partial charge in [-0.25, -0.2) is 4.79 Å². The minimum atomic E-state index is -0.419. The van der Waals surface area contributed by atoms with E-state index in [0.717, 1.165) is 37.2 Å². The molecule has 0 saturated heterocycles. The SMILES string of the molecule is Cc1ccc(OC(=O)c2ccc(OCC(=O)C3CCC(C)CC3)cc2)cc1. The van der Waals surface area contributed by atoms with Crippen molar-refractivity contribution in [2.45, 2.75) is 39.5 Å². The highest BCUT2D eigenvalue weighted by Gasteiger charge is 2.24. The first-order chi connectivity index (χ1) is 13.0. The van der Waals surface area contributed by atoms with Crippen LogP contribution in [0.25, 0.3) is 0 Å². The summed E-state index contributed by atoms with van der Waals surface area (Å²) in [7, 11) is 0. The monoisotopic (exact) mass is 366 g/mol. The molecule has 1 aliphatic rings. The number of esters is 1. The molecule has 0 amide bonds. The highest BCUT2D eigenvalue weighted by molar-refractivity contribution is 5.91. The van der Waals surface area contributed by atoms with E-state index in [0.29, 0.717) is 17.1 Å². The summed E-state index contributed by atoms with van der Waals surface area (Å²) in [6, 6.07) is 14.0. The lowest BCUT2D eigenvalue weighted by atomic mass is 9.81. The number of carbonyl (C=O) groups excluding carboxylic acids is 2. The lowest BCUT2D eigenvalue weighted by Crippen LogP contribution is -2.25. The van der Waals surface area contributed by atoms with E-state index in [4.69, 9.17) is 9.47 Å². The Hall–Kier alpha value is -2.62. The molecule has 4 nitrogen and oxygen atoms in total. The number of carbonyl (C=O) groups is 2. The highest BCUT2D eigenvalue weighted by atomic mass is 16.5. The number of ether oxygens (including phenoxy) is 2. The van der Waals surface area contributed by atoms with Crippen molar-refractivity contribution in [1.29, 1.82) is 0 Å². The molecule has 4 heteroatoms. The molecule has 0 spiro atoms. The van der Waals surface area contributed by atoms with Crippen molar-refractivity contribution in [2.75, 3.05) is 6.61 Å². The molecule has 1 aliphatic carbocycles. The van der Waals surface area contributed by atoms with Crippen molar-refractivity contribution >= 4 is 11.8 Å². The van der Waals surface area contributed by atoms with Gasteiger partial charge in [0.15, 0.2) is 5.78 Å². The molecule has 27 heavy (non-hydrogen) atoms. The maximum absolute atomic E-state index is 12.3. The molecule has 0 unspecified atom stereocenters. The van der Waals surface area contributed by atoms with Crippen LogP contribution in [-0.4, -0.2) is 18.4 Å². The molecular weight excluding hydrogens is 340 g/mol. The smallest absolute Gasteiger partial charge is 0.343 e. The van der Waals surface area contributed by atoms with E-state index >= 15 is 0 Å². The molecule has 0 bridgehead atoms. The van der Waals surface area contributed by atoms with Crippen molar-refractivity contribution in [2.24, 2.45) is 11.8 Å². The maximum atomic E-state index is 12.3. The predicted octanol–water partition coefficient (Wildman–Crippen LogP) is 4.99. The highest BCUT2D eigenvalue weighted by Crippen LogP contribution is 2.29. The Balaban J connectivity index is 1.50. The van der Waals surface area contributed by atoms with Crippen LogP contribution in [0.5, 0.6) is 11.5 Å². The Morgan fingerprint density at radius 3 is 2.11 bits per heavy atom. The van der Waals surface area contributed by atoms with Gasteiger partial charge in [-0.1, -0.05) is 37.5 Å². The normalized spacial score (nSPS) is 19.3. The second kappa shape index (κ2) is 8.85. The molecular formula is C23H26O4. The molecule has 3 rings (SSSR count). The Bertz CT molecular complexity index is 769. The number of hydrogen-bond donors (Lipinski definition) is 0. The van der Waals surface area contributed by atoms with Crippen LogP contribution in [-0.2, 0) is 4.79 Å². The van der Waals surface area contributed by atoms with Gasteiger partial charge in [-0.3, -0.25) is 4.79 Å². The Morgan fingerprint density at radius 2 is 1.48 bits per heavy atom. The van der Waals surface area contributed by atoms with E-state index in [-0.39, 0.29) is 18.3 Å². The molecule has 0 N–H and O–H groups in total. The van der Waals surface area contributed by atoms with E-state index in [2.05, 4.69) is 6.92 Å². The van der Waals surface area contributed by atoms with Crippen molar-refractivity contribution in [3.63, 3.8) is 0 Å². The van der Waals surface area contributed by atoms with Gasteiger partial charge in [-0.2, -0.15) is 0 Å². The molecule has 0 heterocycles. The fourth-order valence-corrected chi connectivity index (χ4v) is 3.31. The first-order valence-electron chi connectivity index (χ1n) is 9.55. The molecule has 0 aromatic heterocycles. The molecule has 1 saturated carbocycles. The first kappa shape index (κ1) is 19.2. The molecule has 0 aliphatic heterocycles. The van der Waals surface area contributed by atoms with Gasteiger partial charge in [0.05, 0.1) is 5.56 Å². The fraction of sp³-hybridized carbons (Fsp3) is 0.391. The van der Waals surface area contributed by atoms with Crippen LogP contribution in [0.15, 0.2) is 48.5 Å². The zero-order valence-corrected chi connectivity index (χ0v) is 15.9. The van der Waals surface area contributed by atoms with E-state index in [1.165, 1.54) is 0 Å². The van der Waals surface area contributed by atoms with Gasteiger partial charge in [0.1, 0.15) is 18.1 Å². The Labute approximate surface area is 160 Å². The summed E-state index contributed by atoms with van der Waals surface area (Å²) in [4.78, 5) is 24.5. The largest absolute Gasteiger partial charge is 0.486 e. The van der Waals surface area contributed by atoms with Gasteiger partial charge >= 0.3 is 5.97 Å². The minimum Gasteiger partial charge on any atom is -0.486 e. The molecule has 1 fully saturated rings. The molecule has 0 atom stereocenters. The summed E-state index contributed by atoms with van der Waals surface area (Å²) in [6.45, 7) is 4.30. The van der Waals surface area contributed by atoms with Crippen molar-refractivity contribution in [3.8, 4) is 11.5 Å². The number of Topliss-reactive ketones (excluding diaryl/α,β-unsaturated/α-hetero) is 1. The Morgan fingerprint density at radius 1 is 0.889 bits per heavy atom. The van der Waals surface area contributed by atoms with Crippen LogP contribution < -0.4 is 9.47 Å². The summed E-state index contributed by atoms with van der Waals surface area (Å²) in [5.74, 6) is 1.70. The van der Waals surface area contributed by atoms with Gasteiger partial charge in [0.2, 0.25) is 0 Å². The van der Waals surface area contributed by atoms with Gasteiger partial charge < -0.3 is 9.47 Å². The third-order valence-electron chi connectivity index (χ3n) is 5.17. The first-order valence-corrected chi connectivity index (χ1v) is 9.55. The molecule has 142 valence electrons. The summed E-state index contributed by atoms with van der Waals surface area (Å²) in [5, 5.41) is 0. The fourth-order valence-electron chi connectivity index (χ4n) is 3.31. The van der Waals surface area contributed by atoms with E-state index in [1.54, 1.807) is 36.4 Å². The average molecular weight is 366 g/mol.